The summed E-state index contributed by atoms with van der Waals surface area (Å²) in [4.78, 5) is 25.0. The molecule has 6 heteroatoms. The second-order valence-electron chi connectivity index (χ2n) is 0.692. The molecule has 0 atom stereocenters. The van der Waals surface area contributed by atoms with Gasteiger partial charge in [0.15, 0.2) is 5.62 Å². The number of hydrogen-bond acceptors (Lipinski definition) is 3. The van der Waals surface area contributed by atoms with Crippen molar-refractivity contribution in [2.75, 3.05) is 0 Å². The Hall–Kier alpha value is 0.170. The molecule has 0 aromatic carbocycles. The van der Waals surface area contributed by atoms with Gasteiger partial charge in [-0.05, 0) is 0 Å². The van der Waals surface area contributed by atoms with Crippen LogP contribution in [0.15, 0.2) is 0 Å². The van der Waals surface area contributed by atoms with E-state index in [0.717, 1.165) is 0 Å². The van der Waals surface area contributed by atoms with Crippen LogP contribution in [0.25, 0.3) is 0 Å². The minimum absolute atomic E-state index is 0.0255. The van der Waals surface area contributed by atoms with Crippen LogP contribution in [0.4, 0.5) is 0 Å². The molecule has 42 valence electrons. The highest BCUT2D eigenvalue weighted by Crippen LogP contribution is 2.48. The highest BCUT2D eigenvalue weighted by molar-refractivity contribution is 8.61. The van der Waals surface area contributed by atoms with Crippen molar-refractivity contribution in [3.8, 4) is 0 Å². The maximum atomic E-state index is 9.66. The predicted octanol–water partition coefficient (Wildman–Crippen LogP) is 0.00250. The molecule has 0 radical (unpaired) electrons. The summed E-state index contributed by atoms with van der Waals surface area (Å²) < 4.78 is 9.66. The van der Waals surface area contributed by atoms with Crippen LogP contribution in [-0.4, -0.2) is 15.4 Å². The van der Waals surface area contributed by atoms with Gasteiger partial charge in [-0.1, -0.05) is 0 Å². The van der Waals surface area contributed by atoms with Crippen LogP contribution < -0.4 is 0 Å². The van der Waals surface area contributed by atoms with E-state index in [1.807, 2.05) is 0 Å². The van der Waals surface area contributed by atoms with Gasteiger partial charge in [0.25, 0.3) is 0 Å². The fourth-order valence-electron chi connectivity index (χ4n) is 0.0561. The molecule has 4 nitrogen and oxygen atoms in total. The summed E-state index contributed by atoms with van der Waals surface area (Å²) in [7, 11) is 0. The van der Waals surface area contributed by atoms with Gasteiger partial charge >= 0.3 is 6.80 Å². The largest absolute Gasteiger partial charge is 0.391 e. The Morgan fingerprint density at radius 2 is 2.00 bits per heavy atom. The fraction of sp³-hybridized carbons (Fsp3) is 0. The van der Waals surface area contributed by atoms with Crippen molar-refractivity contribution in [2.45, 2.75) is 0 Å². The summed E-state index contributed by atoms with van der Waals surface area (Å²) >= 11 is -0.0255. The van der Waals surface area contributed by atoms with E-state index in [-0.39, 0.29) is 17.0 Å². The fourth-order valence-corrected chi connectivity index (χ4v) is 0.505. The van der Waals surface area contributed by atoms with Gasteiger partial charge in [-0.3, -0.25) is 4.79 Å². The number of rotatable bonds is 2. The Labute approximate surface area is 43.8 Å². The zero-order valence-electron chi connectivity index (χ0n) is 3.14. The van der Waals surface area contributed by atoms with Crippen LogP contribution in [0.2, 0.25) is 0 Å². The zero-order chi connectivity index (χ0) is 5.91. The lowest BCUT2D eigenvalue weighted by atomic mass is 11.8. The first-order chi connectivity index (χ1) is 3.06. The Kier molecular flexibility index (Phi) is 2.53. The van der Waals surface area contributed by atoms with Crippen LogP contribution >= 0.6 is 18.2 Å². The minimum Gasteiger partial charge on any atom is -0.316 e. The molecule has 0 saturated heterocycles. The van der Waals surface area contributed by atoms with Crippen molar-refractivity contribution in [1.29, 1.82) is 0 Å². The molecule has 2 N–H and O–H groups in total. The van der Waals surface area contributed by atoms with E-state index in [4.69, 9.17) is 9.79 Å². The Morgan fingerprint density at radius 3 is 2.00 bits per heavy atom. The third-order valence-electron chi connectivity index (χ3n) is 0.180. The lowest BCUT2D eigenvalue weighted by Gasteiger charge is -1.90. The summed E-state index contributed by atoms with van der Waals surface area (Å²) in [6.07, 6.45) is 0. The van der Waals surface area contributed by atoms with Crippen molar-refractivity contribution in [1.82, 2.24) is 0 Å². The van der Waals surface area contributed by atoms with Crippen LogP contribution in [0.1, 0.15) is 0 Å². The van der Waals surface area contributed by atoms with Crippen LogP contribution in [0, 0.1) is 0 Å². The molecule has 0 aromatic rings. The third-order valence-corrected chi connectivity index (χ3v) is 1.62. The SMILES string of the molecule is O=CSP(=O)(O)O. The molecule has 0 saturated carbocycles. The maximum Gasteiger partial charge on any atom is 0.391 e. The third kappa shape index (κ3) is 6.17. The summed E-state index contributed by atoms with van der Waals surface area (Å²) in [5.74, 6) is 0. The Balaban J connectivity index is 3.57. The topological polar surface area (TPSA) is 74.6 Å². The van der Waals surface area contributed by atoms with E-state index in [0.29, 0.717) is 0 Å². The van der Waals surface area contributed by atoms with E-state index >= 15 is 0 Å². The average molecular weight is 142 g/mol. The highest BCUT2D eigenvalue weighted by atomic mass is 32.7. The van der Waals surface area contributed by atoms with Gasteiger partial charge < -0.3 is 9.79 Å². The van der Waals surface area contributed by atoms with Crippen molar-refractivity contribution < 1.29 is 19.1 Å². The number of carbonyl (C=O) groups is 1. The zero-order valence-corrected chi connectivity index (χ0v) is 4.85. The van der Waals surface area contributed by atoms with Gasteiger partial charge in [0.1, 0.15) is 0 Å². The van der Waals surface area contributed by atoms with Crippen molar-refractivity contribution in [2.24, 2.45) is 0 Å². The number of hydrogen-bond donors (Lipinski definition) is 2. The first kappa shape index (κ1) is 7.17. The average Bonchev–Trinajstić information content (AvgIpc) is 1.30. The van der Waals surface area contributed by atoms with Gasteiger partial charge in [-0.15, -0.1) is 0 Å². The molecule has 0 fully saturated rings. The Bertz CT molecular complexity index is 104. The molecule has 0 aromatic heterocycles. The Morgan fingerprint density at radius 1 is 1.57 bits per heavy atom. The normalized spacial score (nSPS) is 11.1. The maximum absolute atomic E-state index is 9.66. The van der Waals surface area contributed by atoms with Crippen molar-refractivity contribution in [3.63, 3.8) is 0 Å². The molecule has 0 aliphatic rings. The molecule has 0 heterocycles. The van der Waals surface area contributed by atoms with Crippen LogP contribution in [-0.2, 0) is 9.36 Å². The molecular formula is CH3O4PS. The second-order valence-corrected chi connectivity index (χ2v) is 4.14. The van der Waals surface area contributed by atoms with Gasteiger partial charge in [-0.25, -0.2) is 4.57 Å². The molecular weight excluding hydrogens is 139 g/mol. The number of carbonyl (C=O) groups excluding carboxylic acids is 1. The first-order valence-electron chi connectivity index (χ1n) is 1.24. The smallest absolute Gasteiger partial charge is 0.316 e. The van der Waals surface area contributed by atoms with E-state index in [9.17, 15) is 9.36 Å². The lowest BCUT2D eigenvalue weighted by Crippen LogP contribution is -1.66. The lowest BCUT2D eigenvalue weighted by molar-refractivity contribution is 0.397. The summed E-state index contributed by atoms with van der Waals surface area (Å²) in [5, 5.41) is 0. The van der Waals surface area contributed by atoms with Gasteiger partial charge in [0.2, 0.25) is 0 Å². The summed E-state index contributed by atoms with van der Waals surface area (Å²) in [6.45, 7) is -4.12. The molecule has 0 bridgehead atoms. The van der Waals surface area contributed by atoms with E-state index < -0.39 is 6.80 Å². The first-order valence-corrected chi connectivity index (χ1v) is 4.33. The molecule has 0 amide bonds. The van der Waals surface area contributed by atoms with Gasteiger partial charge in [0.05, 0.1) is 0 Å². The van der Waals surface area contributed by atoms with E-state index in [1.165, 1.54) is 0 Å². The predicted molar refractivity (Wildman–Crippen MR) is 26.4 cm³/mol. The summed E-state index contributed by atoms with van der Waals surface area (Å²) in [6, 6.07) is 0. The van der Waals surface area contributed by atoms with Crippen molar-refractivity contribution >= 4 is 23.8 Å². The molecule has 0 aliphatic heterocycles. The van der Waals surface area contributed by atoms with Crippen molar-refractivity contribution in [3.05, 3.63) is 0 Å². The molecule has 7 heavy (non-hydrogen) atoms. The highest BCUT2D eigenvalue weighted by Gasteiger charge is 2.11. The molecule has 0 spiro atoms. The second kappa shape index (κ2) is 2.47. The summed E-state index contributed by atoms with van der Waals surface area (Å²) in [5.41, 5.74) is 0.112. The molecule has 0 rings (SSSR count). The van der Waals surface area contributed by atoms with E-state index in [2.05, 4.69) is 0 Å². The van der Waals surface area contributed by atoms with Crippen LogP contribution in [0.5, 0.6) is 0 Å². The van der Waals surface area contributed by atoms with Gasteiger partial charge in [-0.2, -0.15) is 0 Å². The standard InChI is InChI=1S/CH3O4PS/c2-1-7-6(3,4)5/h1H,(H2,3,4,5). The van der Waals surface area contributed by atoms with Crippen LogP contribution in [0.3, 0.4) is 0 Å². The minimum atomic E-state index is -4.12. The quantitative estimate of drug-likeness (QED) is 0.419. The monoisotopic (exact) mass is 142 g/mol. The molecule has 0 aliphatic carbocycles. The van der Waals surface area contributed by atoms with Gasteiger partial charge in [0, 0.05) is 11.4 Å². The molecule has 0 unspecified atom stereocenters. The van der Waals surface area contributed by atoms with E-state index in [1.54, 1.807) is 0 Å².